The van der Waals surface area contributed by atoms with Crippen molar-refractivity contribution in [1.82, 2.24) is 5.32 Å². The van der Waals surface area contributed by atoms with Gasteiger partial charge in [0.05, 0.1) is 11.5 Å². The van der Waals surface area contributed by atoms with Gasteiger partial charge in [0.1, 0.15) is 0 Å². The second-order valence-corrected chi connectivity index (χ2v) is 7.27. The zero-order chi connectivity index (χ0) is 18.3. The van der Waals surface area contributed by atoms with E-state index in [0.717, 1.165) is 5.56 Å². The van der Waals surface area contributed by atoms with Crippen molar-refractivity contribution >= 4 is 33.4 Å². The van der Waals surface area contributed by atoms with Crippen LogP contribution in [-0.4, -0.2) is 27.7 Å². The minimum absolute atomic E-state index is 0.157. The average Bonchev–Trinajstić information content (AvgIpc) is 2.57. The van der Waals surface area contributed by atoms with Gasteiger partial charge in [0.15, 0.2) is 0 Å². The summed E-state index contributed by atoms with van der Waals surface area (Å²) in [4.78, 5) is 11.3. The molecule has 1 amide bonds. The summed E-state index contributed by atoms with van der Waals surface area (Å²) in [6, 6.07) is 12.9. The number of benzene rings is 2. The highest BCUT2D eigenvalue weighted by molar-refractivity contribution is 7.92. The maximum absolute atomic E-state index is 12.4. The molecule has 0 radical (unpaired) electrons. The van der Waals surface area contributed by atoms with E-state index in [1.165, 1.54) is 12.1 Å². The first-order valence-corrected chi connectivity index (χ1v) is 9.55. The number of alkyl carbamates (subject to hydrolysis) is 1. The van der Waals surface area contributed by atoms with Crippen LogP contribution in [0.3, 0.4) is 0 Å². The van der Waals surface area contributed by atoms with E-state index in [1.807, 2.05) is 0 Å². The van der Waals surface area contributed by atoms with Gasteiger partial charge >= 0.3 is 6.09 Å². The van der Waals surface area contributed by atoms with Crippen molar-refractivity contribution in [1.29, 1.82) is 0 Å². The van der Waals surface area contributed by atoms with E-state index >= 15 is 0 Å². The van der Waals surface area contributed by atoms with Gasteiger partial charge < -0.3 is 10.1 Å². The number of amides is 1. The van der Waals surface area contributed by atoms with Crippen molar-refractivity contribution in [3.8, 4) is 0 Å². The Morgan fingerprint density at radius 2 is 1.72 bits per heavy atom. The largest absolute Gasteiger partial charge is 0.450 e. The van der Waals surface area contributed by atoms with Crippen molar-refractivity contribution in [3.63, 3.8) is 0 Å². The molecule has 0 aliphatic carbocycles. The van der Waals surface area contributed by atoms with Crippen LogP contribution in [-0.2, 0) is 21.2 Å². The number of halogens is 1. The molecule has 0 saturated heterocycles. The van der Waals surface area contributed by atoms with Crippen LogP contribution in [0.25, 0.3) is 0 Å². The Balaban J connectivity index is 1.96. The van der Waals surface area contributed by atoms with Gasteiger partial charge in [0.25, 0.3) is 10.0 Å². The summed E-state index contributed by atoms with van der Waals surface area (Å²) >= 11 is 5.78. The number of carbonyl (C=O) groups excluding carboxylic acids is 1. The second kappa shape index (κ2) is 8.73. The molecule has 0 bridgehead atoms. The molecule has 0 unspecified atom stereocenters. The third-order valence-electron chi connectivity index (χ3n) is 3.29. The SMILES string of the molecule is CCOC(=O)NCCc1ccc(S(=O)(=O)Nc2ccc(Cl)cc2)cc1. The monoisotopic (exact) mass is 382 g/mol. The normalized spacial score (nSPS) is 11.0. The molecular formula is C17H19ClN2O4S. The fourth-order valence-corrected chi connectivity index (χ4v) is 3.24. The first kappa shape index (κ1) is 19.1. The lowest BCUT2D eigenvalue weighted by atomic mass is 10.1. The van der Waals surface area contributed by atoms with Crippen LogP contribution in [0.2, 0.25) is 5.02 Å². The van der Waals surface area contributed by atoms with Crippen molar-refractivity contribution in [2.24, 2.45) is 0 Å². The Morgan fingerprint density at radius 3 is 2.32 bits per heavy atom. The lowest BCUT2D eigenvalue weighted by Crippen LogP contribution is -2.26. The molecule has 2 rings (SSSR count). The maximum atomic E-state index is 12.4. The summed E-state index contributed by atoms with van der Waals surface area (Å²) in [5, 5.41) is 3.14. The van der Waals surface area contributed by atoms with E-state index < -0.39 is 16.1 Å². The van der Waals surface area contributed by atoms with Gasteiger partial charge in [-0.3, -0.25) is 4.72 Å². The predicted molar refractivity (Wildman–Crippen MR) is 97.4 cm³/mol. The summed E-state index contributed by atoms with van der Waals surface area (Å²) in [6.07, 6.45) is 0.109. The molecule has 0 atom stereocenters. The van der Waals surface area contributed by atoms with Crippen molar-refractivity contribution < 1.29 is 17.9 Å². The van der Waals surface area contributed by atoms with Crippen molar-refractivity contribution in [3.05, 3.63) is 59.1 Å². The molecule has 0 heterocycles. The van der Waals surface area contributed by atoms with Crippen LogP contribution >= 0.6 is 11.6 Å². The van der Waals surface area contributed by atoms with Crippen LogP contribution < -0.4 is 10.0 Å². The molecule has 134 valence electrons. The summed E-state index contributed by atoms with van der Waals surface area (Å²) in [7, 11) is -3.67. The van der Waals surface area contributed by atoms with Gasteiger partial charge in [-0.25, -0.2) is 13.2 Å². The first-order chi connectivity index (χ1) is 11.9. The van der Waals surface area contributed by atoms with Gasteiger partial charge in [-0.2, -0.15) is 0 Å². The summed E-state index contributed by atoms with van der Waals surface area (Å²) < 4.78 is 32.0. The molecule has 8 heteroatoms. The molecule has 2 aromatic carbocycles. The van der Waals surface area contributed by atoms with E-state index in [1.54, 1.807) is 43.3 Å². The minimum Gasteiger partial charge on any atom is -0.450 e. The molecule has 0 aliphatic heterocycles. The maximum Gasteiger partial charge on any atom is 0.407 e. The highest BCUT2D eigenvalue weighted by Crippen LogP contribution is 2.18. The Bertz CT molecular complexity index is 806. The lowest BCUT2D eigenvalue weighted by molar-refractivity contribution is 0.152. The Morgan fingerprint density at radius 1 is 1.08 bits per heavy atom. The molecule has 2 aromatic rings. The van der Waals surface area contributed by atoms with Gasteiger partial charge in [-0.05, 0) is 55.3 Å². The van der Waals surface area contributed by atoms with Crippen molar-refractivity contribution in [2.45, 2.75) is 18.2 Å². The fraction of sp³-hybridized carbons (Fsp3) is 0.235. The highest BCUT2D eigenvalue weighted by Gasteiger charge is 2.14. The van der Waals surface area contributed by atoms with Gasteiger partial charge in [0, 0.05) is 17.3 Å². The topological polar surface area (TPSA) is 84.5 Å². The number of carbonyl (C=O) groups is 1. The molecule has 0 spiro atoms. The van der Waals surface area contributed by atoms with Crippen LogP contribution in [0.5, 0.6) is 0 Å². The number of anilines is 1. The molecule has 6 nitrogen and oxygen atoms in total. The first-order valence-electron chi connectivity index (χ1n) is 7.68. The molecule has 2 N–H and O–H groups in total. The quantitative estimate of drug-likeness (QED) is 0.768. The zero-order valence-electron chi connectivity index (χ0n) is 13.7. The standard InChI is InChI=1S/C17H19ClN2O4S/c1-2-24-17(21)19-12-11-13-3-9-16(10-4-13)25(22,23)20-15-7-5-14(18)6-8-15/h3-10,20H,2,11-12H2,1H3,(H,19,21). The molecular weight excluding hydrogens is 364 g/mol. The van der Waals surface area contributed by atoms with Crippen molar-refractivity contribution in [2.75, 3.05) is 17.9 Å². The number of nitrogens with one attached hydrogen (secondary N) is 2. The average molecular weight is 383 g/mol. The third kappa shape index (κ3) is 5.95. The summed E-state index contributed by atoms with van der Waals surface area (Å²) in [5.74, 6) is 0. The van der Waals surface area contributed by atoms with Crippen LogP contribution in [0.15, 0.2) is 53.4 Å². The number of hydrogen-bond acceptors (Lipinski definition) is 4. The van der Waals surface area contributed by atoms with E-state index in [0.29, 0.717) is 30.3 Å². The lowest BCUT2D eigenvalue weighted by Gasteiger charge is -2.09. The minimum atomic E-state index is -3.67. The van der Waals surface area contributed by atoms with Gasteiger partial charge in [-0.15, -0.1) is 0 Å². The van der Waals surface area contributed by atoms with E-state index in [4.69, 9.17) is 16.3 Å². The van der Waals surface area contributed by atoms with E-state index in [-0.39, 0.29) is 4.90 Å². The summed E-state index contributed by atoms with van der Waals surface area (Å²) in [6.45, 7) is 2.46. The number of hydrogen-bond donors (Lipinski definition) is 2. The third-order valence-corrected chi connectivity index (χ3v) is 4.94. The van der Waals surface area contributed by atoms with Gasteiger partial charge in [0.2, 0.25) is 0 Å². The van der Waals surface area contributed by atoms with Crippen LogP contribution in [0.1, 0.15) is 12.5 Å². The Kier molecular flexibility index (Phi) is 6.66. The van der Waals surface area contributed by atoms with E-state index in [2.05, 4.69) is 10.0 Å². The van der Waals surface area contributed by atoms with Crippen LogP contribution in [0.4, 0.5) is 10.5 Å². The summed E-state index contributed by atoms with van der Waals surface area (Å²) in [5.41, 5.74) is 1.34. The molecule has 0 saturated carbocycles. The Labute approximate surface area is 152 Å². The molecule has 25 heavy (non-hydrogen) atoms. The molecule has 0 aromatic heterocycles. The number of sulfonamides is 1. The predicted octanol–water partition coefficient (Wildman–Crippen LogP) is 3.43. The molecule has 0 aliphatic rings. The zero-order valence-corrected chi connectivity index (χ0v) is 15.2. The van der Waals surface area contributed by atoms with Gasteiger partial charge in [-0.1, -0.05) is 23.7 Å². The smallest absolute Gasteiger partial charge is 0.407 e. The Hall–Kier alpha value is -2.25. The number of ether oxygens (including phenoxy) is 1. The second-order valence-electron chi connectivity index (χ2n) is 5.15. The fourth-order valence-electron chi connectivity index (χ4n) is 2.06. The van der Waals surface area contributed by atoms with E-state index in [9.17, 15) is 13.2 Å². The molecule has 0 fully saturated rings. The highest BCUT2D eigenvalue weighted by atomic mass is 35.5. The van der Waals surface area contributed by atoms with Crippen LogP contribution in [0, 0.1) is 0 Å². The number of rotatable bonds is 7.